The van der Waals surface area contributed by atoms with E-state index in [4.69, 9.17) is 16.3 Å². The third-order valence-electron chi connectivity index (χ3n) is 5.56. The summed E-state index contributed by atoms with van der Waals surface area (Å²) in [4.78, 5) is 13.2. The van der Waals surface area contributed by atoms with Crippen LogP contribution in [0.25, 0.3) is 0 Å². The molecule has 4 rings (SSSR count). The topological polar surface area (TPSA) is 64.1 Å². The van der Waals surface area contributed by atoms with Crippen molar-refractivity contribution in [3.63, 3.8) is 0 Å². The number of hydrogen-bond donors (Lipinski definition) is 1. The summed E-state index contributed by atoms with van der Waals surface area (Å²) in [5, 5.41) is 10.2. The van der Waals surface area contributed by atoms with Crippen LogP contribution in [0.4, 0.5) is 17.6 Å². The molecule has 2 aromatic carbocycles. The first-order chi connectivity index (χ1) is 16.7. The van der Waals surface area contributed by atoms with E-state index in [1.165, 1.54) is 36.4 Å². The van der Waals surface area contributed by atoms with Gasteiger partial charge in [0.1, 0.15) is 11.3 Å². The lowest BCUT2D eigenvalue weighted by atomic mass is 9.92. The third-order valence-corrected chi connectivity index (χ3v) is 6.37. The minimum atomic E-state index is -3.46. The molecule has 5 nitrogen and oxygen atoms in total. The summed E-state index contributed by atoms with van der Waals surface area (Å²) < 4.78 is 62.1. The second-order valence-electron chi connectivity index (χ2n) is 8.00. The number of rotatable bonds is 7. The molecule has 0 bridgehead atoms. The summed E-state index contributed by atoms with van der Waals surface area (Å²) in [5.74, 6) is -4.50. The lowest BCUT2D eigenvalue weighted by molar-refractivity contribution is -0.00242. The fourth-order valence-electron chi connectivity index (χ4n) is 3.85. The molecule has 0 radical (unpaired) electrons. The Morgan fingerprint density at radius 3 is 2.66 bits per heavy atom. The highest BCUT2D eigenvalue weighted by atomic mass is 79.9. The van der Waals surface area contributed by atoms with E-state index in [1.54, 1.807) is 0 Å². The van der Waals surface area contributed by atoms with Crippen molar-refractivity contribution in [3.05, 3.63) is 79.9 Å². The predicted molar refractivity (Wildman–Crippen MR) is 126 cm³/mol. The lowest BCUT2D eigenvalue weighted by Gasteiger charge is -2.22. The number of halogens is 6. The van der Waals surface area contributed by atoms with Crippen molar-refractivity contribution in [1.29, 1.82) is 0 Å². The zero-order valence-electron chi connectivity index (χ0n) is 18.1. The molecule has 0 saturated carbocycles. The average Bonchev–Trinajstić information content (AvgIpc) is 2.82. The van der Waals surface area contributed by atoms with E-state index in [9.17, 15) is 22.4 Å². The number of hydrogen-bond acceptors (Lipinski definition) is 4. The maximum atomic E-state index is 14.9. The molecule has 184 valence electrons. The molecule has 3 aromatic rings. The Bertz CT molecular complexity index is 1260. The smallest absolute Gasteiger partial charge is 0.291 e. The summed E-state index contributed by atoms with van der Waals surface area (Å²) in [6, 6.07) is 9.12. The fourth-order valence-corrected chi connectivity index (χ4v) is 4.66. The van der Waals surface area contributed by atoms with Crippen LogP contribution in [-0.2, 0) is 18.8 Å². The molecule has 0 saturated heterocycles. The number of alkyl halides is 4. The van der Waals surface area contributed by atoms with Crippen LogP contribution in [0, 0.1) is 0 Å². The van der Waals surface area contributed by atoms with Crippen LogP contribution >= 0.6 is 27.5 Å². The number of aryl methyl sites for hydroxylation is 1. The van der Waals surface area contributed by atoms with Crippen LogP contribution in [0.15, 0.2) is 46.9 Å². The van der Waals surface area contributed by atoms with Gasteiger partial charge in [0.2, 0.25) is 0 Å². The second-order valence-corrected chi connectivity index (χ2v) is 9.32. The monoisotopic (exact) mass is 571 g/mol. The summed E-state index contributed by atoms with van der Waals surface area (Å²) >= 11 is 9.15. The van der Waals surface area contributed by atoms with Crippen molar-refractivity contribution in [1.82, 2.24) is 15.5 Å². The zero-order chi connectivity index (χ0) is 25.2. The zero-order valence-corrected chi connectivity index (χ0v) is 20.5. The molecule has 11 heteroatoms. The number of ether oxygens (including phenoxy) is 1. The van der Waals surface area contributed by atoms with Gasteiger partial charge in [-0.15, -0.1) is 5.10 Å². The summed E-state index contributed by atoms with van der Waals surface area (Å²) in [7, 11) is 0. The molecule has 0 fully saturated rings. The third kappa shape index (κ3) is 5.75. The molecule has 0 atom stereocenters. The van der Waals surface area contributed by atoms with Gasteiger partial charge in [-0.25, -0.2) is 8.78 Å². The molecule has 1 heterocycles. The first-order valence-electron chi connectivity index (χ1n) is 10.7. The van der Waals surface area contributed by atoms with Crippen LogP contribution in [0.2, 0.25) is 5.02 Å². The Balaban J connectivity index is 1.63. The number of fused-ring (bicyclic) bond motifs is 1. The van der Waals surface area contributed by atoms with Crippen molar-refractivity contribution in [2.75, 3.05) is 6.54 Å². The van der Waals surface area contributed by atoms with Gasteiger partial charge in [0.15, 0.2) is 0 Å². The first-order valence-corrected chi connectivity index (χ1v) is 11.9. The molecule has 0 spiro atoms. The van der Waals surface area contributed by atoms with Gasteiger partial charge >= 0.3 is 0 Å². The van der Waals surface area contributed by atoms with Crippen molar-refractivity contribution in [2.24, 2.45) is 0 Å². The van der Waals surface area contributed by atoms with Gasteiger partial charge in [0.05, 0.1) is 17.3 Å². The van der Waals surface area contributed by atoms with Gasteiger partial charge in [-0.3, -0.25) is 4.79 Å². The molecule has 35 heavy (non-hydrogen) atoms. The number of nitrogens with one attached hydrogen (secondary N) is 1. The van der Waals surface area contributed by atoms with Crippen LogP contribution in [-0.4, -0.2) is 22.6 Å². The fraction of sp³-hybridized carbons (Fsp3) is 0.292. The van der Waals surface area contributed by atoms with E-state index in [2.05, 4.69) is 31.4 Å². The molecule has 1 aliphatic rings. The van der Waals surface area contributed by atoms with Crippen molar-refractivity contribution < 1.29 is 27.1 Å². The van der Waals surface area contributed by atoms with Crippen LogP contribution in [0.5, 0.6) is 11.6 Å². The number of benzene rings is 2. The van der Waals surface area contributed by atoms with E-state index in [-0.39, 0.29) is 27.8 Å². The Kier molecular flexibility index (Phi) is 7.61. The summed E-state index contributed by atoms with van der Waals surface area (Å²) in [6.07, 6.45) is -0.0444. The predicted octanol–water partition coefficient (Wildman–Crippen LogP) is 7.02. The summed E-state index contributed by atoms with van der Waals surface area (Å²) in [5.41, 5.74) is 0.393. The van der Waals surface area contributed by atoms with Gasteiger partial charge in [0.25, 0.3) is 24.1 Å². The van der Waals surface area contributed by atoms with Gasteiger partial charge in [-0.1, -0.05) is 45.7 Å². The van der Waals surface area contributed by atoms with Gasteiger partial charge in [-0.2, -0.15) is 13.9 Å². The molecule has 1 amide bonds. The van der Waals surface area contributed by atoms with E-state index >= 15 is 0 Å². The van der Waals surface area contributed by atoms with E-state index < -0.39 is 30.4 Å². The number of nitrogens with zero attached hydrogens (tertiary/aromatic N) is 2. The first kappa shape index (κ1) is 25.4. The van der Waals surface area contributed by atoms with Crippen molar-refractivity contribution >= 4 is 33.4 Å². The molecular weight excluding hydrogens is 554 g/mol. The van der Waals surface area contributed by atoms with Crippen molar-refractivity contribution in [2.45, 2.75) is 38.0 Å². The van der Waals surface area contributed by atoms with E-state index in [0.29, 0.717) is 28.6 Å². The quantitative estimate of drug-likeness (QED) is 0.309. The van der Waals surface area contributed by atoms with Gasteiger partial charge in [0, 0.05) is 15.6 Å². The SMILES string of the molecule is O=C(NCC(F)(F)c1ccc(Br)cc1Cl)c1c(Oc2cccc(C(F)F)c2)nnc2c1CCCC2. The standard InChI is InChI=1S/C24H19BrClF4N3O2/c25-14-8-9-17(18(26)11-14)24(29,30)12-31-22(34)20-16-6-1-2-7-19(16)32-33-23(20)35-15-5-3-4-13(10-15)21(27)28/h3-5,8-11,21H,1-2,6-7,12H2,(H,31,34). The molecule has 1 aliphatic carbocycles. The van der Waals surface area contributed by atoms with Crippen LogP contribution < -0.4 is 10.1 Å². The minimum absolute atomic E-state index is 0.0221. The normalized spacial score (nSPS) is 13.5. The second kappa shape index (κ2) is 10.5. The van der Waals surface area contributed by atoms with Crippen LogP contribution in [0.3, 0.4) is 0 Å². The van der Waals surface area contributed by atoms with Gasteiger partial charge < -0.3 is 10.1 Å². The number of aromatic nitrogens is 2. The number of carbonyl (C=O) groups excluding carboxylic acids is 1. The summed E-state index contributed by atoms with van der Waals surface area (Å²) in [6.45, 7) is -1.02. The Hall–Kier alpha value is -2.72. The average molecular weight is 573 g/mol. The Labute approximate surface area is 212 Å². The highest BCUT2D eigenvalue weighted by molar-refractivity contribution is 9.10. The molecule has 0 unspecified atom stereocenters. The maximum Gasteiger partial charge on any atom is 0.291 e. The Morgan fingerprint density at radius 1 is 1.14 bits per heavy atom. The van der Waals surface area contributed by atoms with E-state index in [0.717, 1.165) is 18.9 Å². The van der Waals surface area contributed by atoms with Gasteiger partial charge in [-0.05, 0) is 55.5 Å². The lowest BCUT2D eigenvalue weighted by Crippen LogP contribution is -2.36. The Morgan fingerprint density at radius 2 is 1.91 bits per heavy atom. The molecule has 1 aromatic heterocycles. The van der Waals surface area contributed by atoms with E-state index in [1.807, 2.05) is 0 Å². The highest BCUT2D eigenvalue weighted by Crippen LogP contribution is 2.36. The molecule has 0 aliphatic heterocycles. The maximum absolute atomic E-state index is 14.9. The minimum Gasteiger partial charge on any atom is -0.437 e. The molecule has 1 N–H and O–H groups in total. The largest absolute Gasteiger partial charge is 0.437 e. The molecular formula is C24H19BrClF4N3O2. The number of amides is 1. The van der Waals surface area contributed by atoms with Crippen molar-refractivity contribution in [3.8, 4) is 11.6 Å². The van der Waals surface area contributed by atoms with Crippen LogP contribution in [0.1, 0.15) is 52.0 Å². The highest BCUT2D eigenvalue weighted by Gasteiger charge is 2.35. The number of carbonyl (C=O) groups is 1.